The number of carbonyl (C=O) groups excluding carboxylic acids is 1. The Balaban J connectivity index is 1.23. The van der Waals surface area contributed by atoms with Gasteiger partial charge in [-0.25, -0.2) is 0 Å². The van der Waals surface area contributed by atoms with Crippen molar-refractivity contribution in [2.24, 2.45) is 5.92 Å². The van der Waals surface area contributed by atoms with Crippen molar-refractivity contribution < 1.29 is 9.53 Å². The lowest BCUT2D eigenvalue weighted by molar-refractivity contribution is -0.125. The van der Waals surface area contributed by atoms with Crippen LogP contribution < -0.4 is 9.64 Å². The van der Waals surface area contributed by atoms with Gasteiger partial charge in [-0.3, -0.25) is 4.79 Å². The van der Waals surface area contributed by atoms with Crippen molar-refractivity contribution in [3.8, 4) is 17.9 Å². The van der Waals surface area contributed by atoms with Crippen LogP contribution in [0.25, 0.3) is 10.8 Å². The topological polar surface area (TPSA) is 58.6 Å². The van der Waals surface area contributed by atoms with Crippen LogP contribution in [0.1, 0.15) is 42.0 Å². The molecule has 0 N–H and O–H groups in total. The lowest BCUT2D eigenvalue weighted by Crippen LogP contribution is -2.49. The molecule has 6 heteroatoms. The summed E-state index contributed by atoms with van der Waals surface area (Å²) in [6, 6.07) is 15.7. The van der Waals surface area contributed by atoms with Gasteiger partial charge < -0.3 is 14.5 Å². The monoisotopic (exact) mass is 466 g/mol. The van der Waals surface area contributed by atoms with Crippen molar-refractivity contribution in [3.05, 3.63) is 59.3 Å². The van der Waals surface area contributed by atoms with Gasteiger partial charge in [0.25, 0.3) is 5.91 Å². The molecular formula is C29H30N4O2. The number of amides is 1. The second kappa shape index (κ2) is 9.22. The number of fused-ring (bicyclic) bond motifs is 2. The van der Waals surface area contributed by atoms with Crippen molar-refractivity contribution in [1.29, 1.82) is 0 Å². The predicted molar refractivity (Wildman–Crippen MR) is 137 cm³/mol. The maximum absolute atomic E-state index is 12.5. The number of rotatable bonds is 3. The largest absolute Gasteiger partial charge is 0.467 e. The summed E-state index contributed by atoms with van der Waals surface area (Å²) in [5, 5.41) is 2.61. The number of methoxy groups -OCH3 is 1. The Labute approximate surface area is 206 Å². The molecule has 2 aliphatic carbocycles. The Bertz CT molecular complexity index is 1320. The highest BCUT2D eigenvalue weighted by atomic mass is 16.5. The zero-order chi connectivity index (χ0) is 23.8. The third kappa shape index (κ3) is 4.43. The van der Waals surface area contributed by atoms with Crippen molar-refractivity contribution in [1.82, 2.24) is 14.9 Å². The van der Waals surface area contributed by atoms with E-state index in [4.69, 9.17) is 14.7 Å². The van der Waals surface area contributed by atoms with E-state index in [-0.39, 0.29) is 5.91 Å². The van der Waals surface area contributed by atoms with E-state index in [1.54, 1.807) is 7.11 Å². The number of nitrogens with zero attached hydrogens (tertiary/aromatic N) is 4. The third-order valence-corrected chi connectivity index (χ3v) is 7.51. The van der Waals surface area contributed by atoms with E-state index < -0.39 is 0 Å². The second-order valence-corrected chi connectivity index (χ2v) is 9.79. The SMILES string of the molecule is COc1nc2c(c(N3CCN(C(=O)C#CC4CC4)CC3)n1)CCC(c1cccc3ccccc13)C2. The summed E-state index contributed by atoms with van der Waals surface area (Å²) in [6.07, 6.45) is 5.16. The summed E-state index contributed by atoms with van der Waals surface area (Å²) >= 11 is 0. The number of aromatic nitrogens is 2. The molecule has 3 aliphatic rings. The van der Waals surface area contributed by atoms with Crippen LogP contribution in [0, 0.1) is 17.8 Å². The van der Waals surface area contributed by atoms with E-state index in [2.05, 4.69) is 59.2 Å². The maximum Gasteiger partial charge on any atom is 0.318 e. The number of ether oxygens (including phenoxy) is 1. The van der Waals surface area contributed by atoms with Crippen LogP contribution in [-0.2, 0) is 17.6 Å². The molecule has 1 unspecified atom stereocenters. The van der Waals surface area contributed by atoms with Gasteiger partial charge in [0, 0.05) is 37.7 Å². The van der Waals surface area contributed by atoms with Gasteiger partial charge in [0.05, 0.1) is 12.8 Å². The van der Waals surface area contributed by atoms with E-state index >= 15 is 0 Å². The maximum atomic E-state index is 12.5. The van der Waals surface area contributed by atoms with Gasteiger partial charge in [0.15, 0.2) is 0 Å². The highest BCUT2D eigenvalue weighted by molar-refractivity contribution is 5.93. The van der Waals surface area contributed by atoms with Crippen LogP contribution in [0.3, 0.4) is 0 Å². The Morgan fingerprint density at radius 2 is 1.80 bits per heavy atom. The number of benzene rings is 2. The average Bonchev–Trinajstić information content (AvgIpc) is 3.75. The first-order valence-corrected chi connectivity index (χ1v) is 12.7. The molecule has 1 saturated heterocycles. The minimum absolute atomic E-state index is 0.0447. The molecule has 178 valence electrons. The van der Waals surface area contributed by atoms with Gasteiger partial charge >= 0.3 is 6.01 Å². The molecule has 2 fully saturated rings. The number of hydrogen-bond donors (Lipinski definition) is 0. The molecule has 0 bridgehead atoms. The molecule has 35 heavy (non-hydrogen) atoms. The molecule has 6 rings (SSSR count). The summed E-state index contributed by atoms with van der Waals surface area (Å²) in [6.45, 7) is 2.82. The summed E-state index contributed by atoms with van der Waals surface area (Å²) < 4.78 is 5.51. The zero-order valence-electron chi connectivity index (χ0n) is 20.2. The molecule has 3 aromatic rings. The summed E-state index contributed by atoms with van der Waals surface area (Å²) in [5.41, 5.74) is 3.72. The van der Waals surface area contributed by atoms with E-state index in [0.29, 0.717) is 30.9 Å². The quantitative estimate of drug-likeness (QED) is 0.547. The van der Waals surface area contributed by atoms with Gasteiger partial charge in [-0.05, 0) is 60.3 Å². The first kappa shape index (κ1) is 21.9. The molecular weight excluding hydrogens is 436 g/mol. The summed E-state index contributed by atoms with van der Waals surface area (Å²) in [7, 11) is 1.63. The van der Waals surface area contributed by atoms with E-state index in [1.165, 1.54) is 21.9 Å². The molecule has 1 saturated carbocycles. The van der Waals surface area contributed by atoms with Crippen LogP contribution in [0.2, 0.25) is 0 Å². The molecule has 1 atom stereocenters. The molecule has 2 heterocycles. The van der Waals surface area contributed by atoms with Crippen molar-refractivity contribution in [2.75, 3.05) is 38.2 Å². The van der Waals surface area contributed by atoms with Crippen molar-refractivity contribution in [3.63, 3.8) is 0 Å². The molecule has 6 nitrogen and oxygen atoms in total. The second-order valence-electron chi connectivity index (χ2n) is 9.79. The minimum Gasteiger partial charge on any atom is -0.467 e. The summed E-state index contributed by atoms with van der Waals surface area (Å²) in [5.74, 6) is 7.72. The van der Waals surface area contributed by atoms with Crippen LogP contribution in [0.4, 0.5) is 5.82 Å². The molecule has 0 spiro atoms. The van der Waals surface area contributed by atoms with Gasteiger partial charge in [0.1, 0.15) is 5.82 Å². The standard InChI is InChI=1S/C29H30N4O2/c1-35-29-30-26-19-22(24-8-4-6-21-5-2-3-7-23(21)24)12-13-25(26)28(31-29)33-17-15-32(16-18-33)27(34)14-11-20-9-10-20/h2-8,20,22H,9-10,12-13,15-19H2,1H3. The first-order chi connectivity index (χ1) is 17.2. The van der Waals surface area contributed by atoms with E-state index in [9.17, 15) is 4.79 Å². The fourth-order valence-electron chi connectivity index (χ4n) is 5.39. The first-order valence-electron chi connectivity index (χ1n) is 12.7. The highest BCUT2D eigenvalue weighted by Gasteiger charge is 2.30. The van der Waals surface area contributed by atoms with Crippen molar-refractivity contribution in [2.45, 2.75) is 38.0 Å². The van der Waals surface area contributed by atoms with Crippen LogP contribution in [-0.4, -0.2) is 54.1 Å². The normalized spacial score (nSPS) is 19.6. The number of anilines is 1. The molecule has 2 aromatic carbocycles. The van der Waals surface area contributed by atoms with Crippen LogP contribution in [0.5, 0.6) is 6.01 Å². The Kier molecular flexibility index (Phi) is 5.77. The van der Waals surface area contributed by atoms with Crippen molar-refractivity contribution >= 4 is 22.5 Å². The molecule has 1 aliphatic heterocycles. The van der Waals surface area contributed by atoms with Gasteiger partial charge in [-0.2, -0.15) is 9.97 Å². The fourth-order valence-corrected chi connectivity index (χ4v) is 5.39. The molecule has 1 aromatic heterocycles. The highest BCUT2D eigenvalue weighted by Crippen LogP contribution is 2.39. The third-order valence-electron chi connectivity index (χ3n) is 7.51. The van der Waals surface area contributed by atoms with E-state index in [0.717, 1.165) is 56.7 Å². The van der Waals surface area contributed by atoms with Gasteiger partial charge in [0.2, 0.25) is 0 Å². The van der Waals surface area contributed by atoms with Crippen LogP contribution >= 0.6 is 0 Å². The number of piperazine rings is 1. The smallest absolute Gasteiger partial charge is 0.318 e. The predicted octanol–water partition coefficient (Wildman–Crippen LogP) is 3.97. The number of carbonyl (C=O) groups is 1. The number of hydrogen-bond acceptors (Lipinski definition) is 5. The Hall–Kier alpha value is -3.59. The Morgan fingerprint density at radius 3 is 2.60 bits per heavy atom. The van der Waals surface area contributed by atoms with Crippen LogP contribution in [0.15, 0.2) is 42.5 Å². The fraction of sp³-hybridized carbons (Fsp3) is 0.414. The van der Waals surface area contributed by atoms with Gasteiger partial charge in [-0.15, -0.1) is 0 Å². The lowest BCUT2D eigenvalue weighted by Gasteiger charge is -2.36. The molecule has 1 amide bonds. The zero-order valence-corrected chi connectivity index (χ0v) is 20.2. The Morgan fingerprint density at radius 1 is 1.00 bits per heavy atom. The lowest BCUT2D eigenvalue weighted by atomic mass is 9.80. The van der Waals surface area contributed by atoms with E-state index in [1.807, 2.05) is 4.90 Å². The van der Waals surface area contributed by atoms with Gasteiger partial charge in [-0.1, -0.05) is 48.4 Å². The molecule has 0 radical (unpaired) electrons. The summed E-state index contributed by atoms with van der Waals surface area (Å²) in [4.78, 5) is 26.2. The minimum atomic E-state index is -0.0447. The average molecular weight is 467 g/mol.